The van der Waals surface area contributed by atoms with Gasteiger partial charge in [-0.1, -0.05) is 0 Å². The molecule has 1 saturated carbocycles. The molecule has 2 aliphatic rings. The Morgan fingerprint density at radius 2 is 2.15 bits per heavy atom. The molecule has 0 amide bonds. The maximum Gasteiger partial charge on any atom is 0.0639 e. The highest BCUT2D eigenvalue weighted by Gasteiger charge is 2.41. The van der Waals surface area contributed by atoms with Gasteiger partial charge in [-0.2, -0.15) is 0 Å². The lowest BCUT2D eigenvalue weighted by Gasteiger charge is -2.19. The fourth-order valence-corrected chi connectivity index (χ4v) is 2.85. The van der Waals surface area contributed by atoms with Crippen LogP contribution < -0.4 is 0 Å². The van der Waals surface area contributed by atoms with Crippen LogP contribution in [0.25, 0.3) is 0 Å². The number of rotatable bonds is 2. The third-order valence-corrected chi connectivity index (χ3v) is 3.42. The fraction of sp³-hybridized carbons (Fsp3) is 1.00. The molecule has 2 N–H and O–H groups in total. The minimum atomic E-state index is -0.240. The van der Waals surface area contributed by atoms with Gasteiger partial charge in [0.1, 0.15) is 0 Å². The number of hydrogen-bond donors (Lipinski definition) is 2. The molecule has 0 radical (unpaired) electrons. The largest absolute Gasteiger partial charge is 0.393 e. The zero-order chi connectivity index (χ0) is 9.42. The van der Waals surface area contributed by atoms with E-state index in [0.717, 1.165) is 26.1 Å². The van der Waals surface area contributed by atoms with E-state index >= 15 is 0 Å². The molecule has 3 nitrogen and oxygen atoms in total. The summed E-state index contributed by atoms with van der Waals surface area (Å²) >= 11 is 0. The van der Waals surface area contributed by atoms with Gasteiger partial charge >= 0.3 is 0 Å². The molecule has 13 heavy (non-hydrogen) atoms. The standard InChI is InChI=1S/C10H19NO2/c1-7(12)4-11-5-8-2-3-10(13)9(8)6-11/h7-10,12-13H,2-6H2,1H3. The molecule has 1 aliphatic heterocycles. The molecule has 3 heteroatoms. The van der Waals surface area contributed by atoms with Crippen molar-refractivity contribution in [2.75, 3.05) is 19.6 Å². The van der Waals surface area contributed by atoms with Gasteiger partial charge < -0.3 is 15.1 Å². The Balaban J connectivity index is 1.87. The van der Waals surface area contributed by atoms with Crippen molar-refractivity contribution in [3.8, 4) is 0 Å². The number of aliphatic hydroxyl groups is 2. The van der Waals surface area contributed by atoms with Crippen molar-refractivity contribution in [1.29, 1.82) is 0 Å². The maximum absolute atomic E-state index is 9.66. The van der Waals surface area contributed by atoms with Gasteiger partial charge in [-0.3, -0.25) is 0 Å². The molecule has 0 aromatic rings. The molecule has 4 atom stereocenters. The van der Waals surface area contributed by atoms with E-state index < -0.39 is 0 Å². The Bertz CT molecular complexity index is 184. The fourth-order valence-electron chi connectivity index (χ4n) is 2.85. The molecule has 0 spiro atoms. The lowest BCUT2D eigenvalue weighted by Crippen LogP contribution is -2.31. The monoisotopic (exact) mass is 185 g/mol. The molecule has 0 aromatic carbocycles. The third-order valence-electron chi connectivity index (χ3n) is 3.42. The van der Waals surface area contributed by atoms with Gasteiger partial charge in [0, 0.05) is 25.6 Å². The van der Waals surface area contributed by atoms with Gasteiger partial charge in [-0.15, -0.1) is 0 Å². The highest BCUT2D eigenvalue weighted by Crippen LogP contribution is 2.37. The van der Waals surface area contributed by atoms with Crippen molar-refractivity contribution in [2.45, 2.75) is 32.0 Å². The third kappa shape index (κ3) is 1.87. The van der Waals surface area contributed by atoms with Crippen LogP contribution in [0.5, 0.6) is 0 Å². The van der Waals surface area contributed by atoms with Gasteiger partial charge in [0.25, 0.3) is 0 Å². The highest BCUT2D eigenvalue weighted by molar-refractivity contribution is 4.93. The van der Waals surface area contributed by atoms with E-state index in [1.54, 1.807) is 0 Å². The summed E-state index contributed by atoms with van der Waals surface area (Å²) in [6, 6.07) is 0. The van der Waals surface area contributed by atoms with Crippen LogP contribution in [0.15, 0.2) is 0 Å². The topological polar surface area (TPSA) is 43.7 Å². The van der Waals surface area contributed by atoms with Crippen molar-refractivity contribution >= 4 is 0 Å². The van der Waals surface area contributed by atoms with E-state index in [0.29, 0.717) is 11.8 Å². The Morgan fingerprint density at radius 1 is 1.38 bits per heavy atom. The van der Waals surface area contributed by atoms with Gasteiger partial charge in [0.05, 0.1) is 12.2 Å². The minimum Gasteiger partial charge on any atom is -0.393 e. The molecule has 0 bridgehead atoms. The normalized spacial score (nSPS) is 42.2. The summed E-state index contributed by atoms with van der Waals surface area (Å²) in [5.41, 5.74) is 0. The Hall–Kier alpha value is -0.120. The van der Waals surface area contributed by atoms with Crippen molar-refractivity contribution in [3.63, 3.8) is 0 Å². The first-order chi connectivity index (χ1) is 6.16. The zero-order valence-corrected chi connectivity index (χ0v) is 8.19. The van der Waals surface area contributed by atoms with Crippen molar-refractivity contribution < 1.29 is 10.2 Å². The van der Waals surface area contributed by atoms with Crippen LogP contribution in [-0.4, -0.2) is 47.0 Å². The van der Waals surface area contributed by atoms with E-state index in [9.17, 15) is 10.2 Å². The van der Waals surface area contributed by atoms with E-state index in [1.807, 2.05) is 6.92 Å². The Kier molecular flexibility index (Phi) is 2.58. The molecule has 0 aromatic heterocycles. The van der Waals surface area contributed by atoms with Crippen LogP contribution in [0, 0.1) is 11.8 Å². The molecular weight excluding hydrogens is 166 g/mol. The number of β-amino-alcohol motifs (C(OH)–C–C–N with tert-alkyl or cyclic N) is 1. The quantitative estimate of drug-likeness (QED) is 0.640. The molecule has 4 unspecified atom stereocenters. The Morgan fingerprint density at radius 3 is 2.77 bits per heavy atom. The smallest absolute Gasteiger partial charge is 0.0639 e. The Labute approximate surface area is 79.4 Å². The van der Waals surface area contributed by atoms with E-state index in [1.165, 1.54) is 6.42 Å². The van der Waals surface area contributed by atoms with Gasteiger partial charge in [-0.25, -0.2) is 0 Å². The lowest BCUT2D eigenvalue weighted by molar-refractivity contribution is 0.107. The van der Waals surface area contributed by atoms with Crippen LogP contribution in [0.2, 0.25) is 0 Å². The molecule has 76 valence electrons. The predicted molar refractivity (Wildman–Crippen MR) is 50.3 cm³/mol. The van der Waals surface area contributed by atoms with Crippen molar-refractivity contribution in [2.24, 2.45) is 11.8 Å². The van der Waals surface area contributed by atoms with E-state index in [4.69, 9.17) is 0 Å². The highest BCUT2D eigenvalue weighted by atomic mass is 16.3. The van der Waals surface area contributed by atoms with Gasteiger partial charge in [0.15, 0.2) is 0 Å². The predicted octanol–water partition coefficient (Wildman–Crippen LogP) is 0.0699. The summed E-state index contributed by atoms with van der Waals surface area (Å²) in [6.07, 6.45) is 1.83. The maximum atomic E-state index is 9.66. The molecular formula is C10H19NO2. The second kappa shape index (κ2) is 3.56. The van der Waals surface area contributed by atoms with Crippen LogP contribution in [0.1, 0.15) is 19.8 Å². The SMILES string of the molecule is CC(O)CN1CC2CCC(O)C2C1. The average molecular weight is 185 g/mol. The molecule has 1 heterocycles. The molecule has 2 fully saturated rings. The van der Waals surface area contributed by atoms with Crippen LogP contribution in [0.3, 0.4) is 0 Å². The molecule has 2 rings (SSSR count). The van der Waals surface area contributed by atoms with Crippen LogP contribution >= 0.6 is 0 Å². The number of likely N-dealkylation sites (tertiary alicyclic amines) is 1. The molecule has 1 aliphatic carbocycles. The van der Waals surface area contributed by atoms with Gasteiger partial charge in [0.2, 0.25) is 0 Å². The van der Waals surface area contributed by atoms with Crippen LogP contribution in [-0.2, 0) is 0 Å². The number of aliphatic hydroxyl groups excluding tert-OH is 2. The minimum absolute atomic E-state index is 0.0796. The lowest BCUT2D eigenvalue weighted by atomic mass is 10.00. The zero-order valence-electron chi connectivity index (χ0n) is 8.19. The summed E-state index contributed by atoms with van der Waals surface area (Å²) in [5, 5.41) is 18.9. The second-order valence-corrected chi connectivity index (χ2v) is 4.64. The summed E-state index contributed by atoms with van der Waals surface area (Å²) in [4.78, 5) is 2.28. The number of nitrogens with zero attached hydrogens (tertiary/aromatic N) is 1. The van der Waals surface area contributed by atoms with Crippen molar-refractivity contribution in [3.05, 3.63) is 0 Å². The summed E-state index contributed by atoms with van der Waals surface area (Å²) in [5.74, 6) is 1.17. The van der Waals surface area contributed by atoms with E-state index in [-0.39, 0.29) is 12.2 Å². The molecule has 1 saturated heterocycles. The first-order valence-corrected chi connectivity index (χ1v) is 5.25. The summed E-state index contributed by atoms with van der Waals surface area (Å²) in [7, 11) is 0. The van der Waals surface area contributed by atoms with Crippen molar-refractivity contribution in [1.82, 2.24) is 4.90 Å². The average Bonchev–Trinajstić information content (AvgIpc) is 2.53. The number of hydrogen-bond acceptors (Lipinski definition) is 3. The second-order valence-electron chi connectivity index (χ2n) is 4.64. The first kappa shape index (κ1) is 9.44. The van der Waals surface area contributed by atoms with Gasteiger partial charge in [-0.05, 0) is 25.7 Å². The van der Waals surface area contributed by atoms with E-state index in [2.05, 4.69) is 4.90 Å². The first-order valence-electron chi connectivity index (χ1n) is 5.25. The van der Waals surface area contributed by atoms with Crippen LogP contribution in [0.4, 0.5) is 0 Å². The number of fused-ring (bicyclic) bond motifs is 1. The summed E-state index contributed by atoms with van der Waals surface area (Å²) < 4.78 is 0. The summed E-state index contributed by atoms with van der Waals surface area (Å²) in [6.45, 7) is 4.65.